The molecule has 1 fully saturated rings. The number of nitrogens with one attached hydrogen (secondary N) is 1. The molecule has 7 nitrogen and oxygen atoms in total. The van der Waals surface area contributed by atoms with Gasteiger partial charge in [-0.25, -0.2) is 0 Å². The Kier molecular flexibility index (Phi) is 8.89. The maximum Gasteiger partial charge on any atom is 0.310 e. The predicted molar refractivity (Wildman–Crippen MR) is 129 cm³/mol. The van der Waals surface area contributed by atoms with Gasteiger partial charge in [0.15, 0.2) is 0 Å². The quantitative estimate of drug-likeness (QED) is 0.405. The molecule has 0 aromatic heterocycles. The summed E-state index contributed by atoms with van der Waals surface area (Å²) in [5, 5.41) is 13.2. The van der Waals surface area contributed by atoms with Crippen molar-refractivity contribution in [3.8, 4) is 0 Å². The number of aliphatic hydroxyl groups is 1. The molecule has 186 valence electrons. The fraction of sp³-hybridized carbons (Fsp3) is 0.593. The standard InChI is InChI=1S/C27H38N2O5/c1-5-19-12-13-21-23(22(19)27(33)34-6-2)26(32)29(20(16-30)14-17(3)4)24(21)25(31)28-15-18-10-8-7-9-11-18/h7-13,17,19-24,30H,5-6,14-16H2,1-4H3,(H,28,31)/t19-,20-,21+,22-,23-,24+/m1/s1. The molecule has 1 heterocycles. The highest BCUT2D eigenvalue weighted by atomic mass is 16.5. The Bertz CT molecular complexity index is 884. The van der Waals surface area contributed by atoms with Crippen LogP contribution in [-0.2, 0) is 25.7 Å². The molecule has 0 spiro atoms. The molecule has 2 amide bonds. The number of benzene rings is 1. The number of amides is 2. The topological polar surface area (TPSA) is 95.9 Å². The monoisotopic (exact) mass is 470 g/mol. The number of carbonyl (C=O) groups excluding carboxylic acids is 3. The zero-order valence-corrected chi connectivity index (χ0v) is 20.6. The highest BCUT2D eigenvalue weighted by Gasteiger charge is 2.58. The maximum absolute atomic E-state index is 13.9. The number of ether oxygens (including phenoxy) is 1. The fourth-order valence-corrected chi connectivity index (χ4v) is 5.50. The first-order valence-electron chi connectivity index (χ1n) is 12.4. The number of fused-ring (bicyclic) bond motifs is 1. The molecule has 0 bridgehead atoms. The zero-order chi connectivity index (χ0) is 24.8. The summed E-state index contributed by atoms with van der Waals surface area (Å²) in [6, 6.07) is 8.30. The van der Waals surface area contributed by atoms with Crippen LogP contribution in [0.5, 0.6) is 0 Å². The van der Waals surface area contributed by atoms with Crippen LogP contribution in [0.15, 0.2) is 42.5 Å². The van der Waals surface area contributed by atoms with Crippen molar-refractivity contribution in [1.29, 1.82) is 0 Å². The van der Waals surface area contributed by atoms with Crippen LogP contribution < -0.4 is 5.32 Å². The van der Waals surface area contributed by atoms with Gasteiger partial charge in [0.2, 0.25) is 11.8 Å². The lowest BCUT2D eigenvalue weighted by Gasteiger charge is -2.34. The van der Waals surface area contributed by atoms with E-state index in [4.69, 9.17) is 4.74 Å². The van der Waals surface area contributed by atoms with Crippen molar-refractivity contribution in [3.63, 3.8) is 0 Å². The molecule has 6 atom stereocenters. The van der Waals surface area contributed by atoms with E-state index in [1.165, 1.54) is 0 Å². The number of esters is 1. The average Bonchev–Trinajstić information content (AvgIpc) is 3.13. The maximum atomic E-state index is 13.9. The number of likely N-dealkylation sites (tertiary alicyclic amines) is 1. The summed E-state index contributed by atoms with van der Waals surface area (Å²) in [6.07, 6.45) is 5.16. The Labute approximate surface area is 202 Å². The largest absolute Gasteiger partial charge is 0.466 e. The number of aliphatic hydroxyl groups excluding tert-OH is 1. The number of carbonyl (C=O) groups is 3. The minimum atomic E-state index is -0.789. The minimum Gasteiger partial charge on any atom is -0.466 e. The predicted octanol–water partition coefficient (Wildman–Crippen LogP) is 2.93. The Morgan fingerprint density at radius 3 is 2.44 bits per heavy atom. The SMILES string of the molecule is CCOC(=O)[C@H]1[C@@H]2C(=O)N([C@@H](CO)CC(C)C)[C@H](C(=O)NCc3ccccc3)[C@H]2C=C[C@H]1CC. The van der Waals surface area contributed by atoms with E-state index >= 15 is 0 Å². The van der Waals surface area contributed by atoms with E-state index in [1.54, 1.807) is 11.8 Å². The number of nitrogens with zero attached hydrogens (tertiary/aromatic N) is 1. The van der Waals surface area contributed by atoms with Crippen molar-refractivity contribution in [2.75, 3.05) is 13.2 Å². The van der Waals surface area contributed by atoms with Crippen molar-refractivity contribution in [2.24, 2.45) is 29.6 Å². The van der Waals surface area contributed by atoms with Crippen LogP contribution in [0, 0.1) is 29.6 Å². The van der Waals surface area contributed by atoms with Crippen LogP contribution in [0.4, 0.5) is 0 Å². The van der Waals surface area contributed by atoms with E-state index in [0.717, 1.165) is 5.56 Å². The molecule has 3 rings (SSSR count). The summed E-state index contributed by atoms with van der Waals surface area (Å²) in [5.74, 6) is -2.59. The van der Waals surface area contributed by atoms with Crippen molar-refractivity contribution >= 4 is 17.8 Å². The van der Waals surface area contributed by atoms with Gasteiger partial charge in [0.1, 0.15) is 6.04 Å². The van der Waals surface area contributed by atoms with Gasteiger partial charge in [0, 0.05) is 12.5 Å². The van der Waals surface area contributed by atoms with Gasteiger partial charge in [0.05, 0.1) is 31.1 Å². The molecule has 2 N–H and O–H groups in total. The molecule has 0 unspecified atom stereocenters. The Balaban J connectivity index is 1.97. The fourth-order valence-electron chi connectivity index (χ4n) is 5.50. The highest BCUT2D eigenvalue weighted by molar-refractivity contribution is 5.96. The van der Waals surface area contributed by atoms with E-state index < -0.39 is 35.8 Å². The summed E-state index contributed by atoms with van der Waals surface area (Å²) >= 11 is 0. The van der Waals surface area contributed by atoms with Crippen molar-refractivity contribution < 1.29 is 24.2 Å². The van der Waals surface area contributed by atoms with Gasteiger partial charge in [-0.15, -0.1) is 0 Å². The summed E-state index contributed by atoms with van der Waals surface area (Å²) < 4.78 is 5.36. The van der Waals surface area contributed by atoms with Crippen LogP contribution in [0.1, 0.15) is 46.1 Å². The second kappa shape index (κ2) is 11.6. The Morgan fingerprint density at radius 2 is 1.85 bits per heavy atom. The molecule has 34 heavy (non-hydrogen) atoms. The Morgan fingerprint density at radius 1 is 1.15 bits per heavy atom. The zero-order valence-electron chi connectivity index (χ0n) is 20.6. The third kappa shape index (κ3) is 5.35. The van der Waals surface area contributed by atoms with Gasteiger partial charge in [-0.3, -0.25) is 14.4 Å². The van der Waals surface area contributed by atoms with E-state index in [9.17, 15) is 19.5 Å². The molecule has 0 saturated carbocycles. The number of rotatable bonds is 10. The number of hydrogen-bond donors (Lipinski definition) is 2. The van der Waals surface area contributed by atoms with E-state index in [0.29, 0.717) is 19.4 Å². The van der Waals surface area contributed by atoms with Crippen LogP contribution in [-0.4, -0.2) is 53.1 Å². The lowest BCUT2D eigenvalue weighted by molar-refractivity contribution is -0.156. The number of hydrogen-bond acceptors (Lipinski definition) is 5. The molecule has 1 saturated heterocycles. The molecule has 7 heteroatoms. The summed E-state index contributed by atoms with van der Waals surface area (Å²) in [7, 11) is 0. The van der Waals surface area contributed by atoms with Gasteiger partial charge in [0.25, 0.3) is 0 Å². The molecule has 1 aliphatic carbocycles. The van der Waals surface area contributed by atoms with Crippen LogP contribution >= 0.6 is 0 Å². The first-order valence-corrected chi connectivity index (χ1v) is 12.4. The summed E-state index contributed by atoms with van der Waals surface area (Å²) in [5.41, 5.74) is 0.957. The van der Waals surface area contributed by atoms with Gasteiger partial charge < -0.3 is 20.1 Å². The van der Waals surface area contributed by atoms with Crippen LogP contribution in [0.3, 0.4) is 0 Å². The number of allylic oxidation sites excluding steroid dienone is 1. The minimum absolute atomic E-state index is 0.130. The molecule has 1 aliphatic heterocycles. The molecular weight excluding hydrogens is 432 g/mol. The second-order valence-corrected chi connectivity index (χ2v) is 9.70. The second-order valence-electron chi connectivity index (χ2n) is 9.70. The van der Waals surface area contributed by atoms with Gasteiger partial charge in [-0.1, -0.05) is 63.3 Å². The van der Waals surface area contributed by atoms with E-state index in [2.05, 4.69) is 5.32 Å². The summed E-state index contributed by atoms with van der Waals surface area (Å²) in [4.78, 5) is 42.0. The van der Waals surface area contributed by atoms with Gasteiger partial charge in [-0.05, 0) is 37.2 Å². The lowest BCUT2D eigenvalue weighted by atomic mass is 9.69. The van der Waals surface area contributed by atoms with Gasteiger partial charge in [-0.2, -0.15) is 0 Å². The third-order valence-corrected chi connectivity index (χ3v) is 7.00. The average molecular weight is 471 g/mol. The highest BCUT2D eigenvalue weighted by Crippen LogP contribution is 2.46. The molecule has 0 radical (unpaired) electrons. The molecule has 1 aromatic carbocycles. The normalized spacial score (nSPS) is 26.9. The molecular formula is C27H38N2O5. The van der Waals surface area contributed by atoms with Crippen molar-refractivity contribution in [2.45, 2.75) is 59.2 Å². The summed E-state index contributed by atoms with van der Waals surface area (Å²) in [6.45, 7) is 8.12. The molecule has 1 aromatic rings. The van der Waals surface area contributed by atoms with Crippen LogP contribution in [0.2, 0.25) is 0 Å². The van der Waals surface area contributed by atoms with E-state index in [-0.39, 0.29) is 36.9 Å². The lowest BCUT2D eigenvalue weighted by Crippen LogP contribution is -2.52. The smallest absolute Gasteiger partial charge is 0.310 e. The Hall–Kier alpha value is -2.67. The van der Waals surface area contributed by atoms with Gasteiger partial charge >= 0.3 is 5.97 Å². The molecule has 2 aliphatic rings. The van der Waals surface area contributed by atoms with E-state index in [1.807, 2.05) is 63.3 Å². The van der Waals surface area contributed by atoms with Crippen molar-refractivity contribution in [3.05, 3.63) is 48.0 Å². The van der Waals surface area contributed by atoms with Crippen molar-refractivity contribution in [1.82, 2.24) is 10.2 Å². The first-order chi connectivity index (χ1) is 16.3. The van der Waals surface area contributed by atoms with Crippen LogP contribution in [0.25, 0.3) is 0 Å². The first kappa shape index (κ1) is 25.9. The third-order valence-electron chi connectivity index (χ3n) is 7.00.